The largest absolute Gasteiger partial charge is 0.478 e. The highest BCUT2D eigenvalue weighted by Gasteiger charge is 2.13. The highest BCUT2D eigenvalue weighted by atomic mass is 16.7. The number of carbonyl (C=O) groups is 1. The summed E-state index contributed by atoms with van der Waals surface area (Å²) in [4.78, 5) is 11.0. The van der Waals surface area contributed by atoms with Gasteiger partial charge in [0.2, 0.25) is 6.79 Å². The van der Waals surface area contributed by atoms with Gasteiger partial charge >= 0.3 is 5.97 Å². The van der Waals surface area contributed by atoms with Gasteiger partial charge in [0.1, 0.15) is 0 Å². The summed E-state index contributed by atoms with van der Waals surface area (Å²) >= 11 is 0. The number of nitrogens with one attached hydrogen (secondary N) is 1. The van der Waals surface area contributed by atoms with Crippen molar-refractivity contribution in [3.8, 4) is 11.5 Å². The number of benzene rings is 2. The van der Waals surface area contributed by atoms with E-state index in [-0.39, 0.29) is 12.4 Å². The van der Waals surface area contributed by atoms with Crippen LogP contribution < -0.4 is 14.8 Å². The molecule has 3 rings (SSSR count). The molecule has 0 atom stereocenters. The van der Waals surface area contributed by atoms with Gasteiger partial charge in [-0.2, -0.15) is 0 Å². The van der Waals surface area contributed by atoms with Gasteiger partial charge in [-0.25, -0.2) is 4.79 Å². The van der Waals surface area contributed by atoms with Crippen molar-refractivity contribution in [1.29, 1.82) is 0 Å². The Bertz CT molecular complexity index is 697. The predicted molar refractivity (Wildman–Crippen MR) is 78.0 cm³/mol. The highest BCUT2D eigenvalue weighted by Crippen LogP contribution is 2.32. The van der Waals surface area contributed by atoms with Crippen molar-refractivity contribution in [2.75, 3.05) is 12.1 Å². The Kier molecular flexibility index (Phi) is 3.39. The fraction of sp³-hybridized carbons (Fsp3) is 0.188. The molecule has 5 heteroatoms. The fourth-order valence-electron chi connectivity index (χ4n) is 2.19. The maximum atomic E-state index is 11.0. The normalized spacial score (nSPS) is 12.2. The zero-order valence-electron chi connectivity index (χ0n) is 11.6. The number of hydrogen-bond donors (Lipinski definition) is 2. The van der Waals surface area contributed by atoms with Crippen LogP contribution in [0.3, 0.4) is 0 Å². The van der Waals surface area contributed by atoms with Crippen molar-refractivity contribution in [2.24, 2.45) is 0 Å². The molecule has 5 nitrogen and oxygen atoms in total. The average Bonchev–Trinajstić information content (AvgIpc) is 2.93. The van der Waals surface area contributed by atoms with Gasteiger partial charge in [-0.05, 0) is 42.3 Å². The zero-order chi connectivity index (χ0) is 14.8. The van der Waals surface area contributed by atoms with Crippen LogP contribution in [-0.4, -0.2) is 17.9 Å². The highest BCUT2D eigenvalue weighted by molar-refractivity contribution is 5.89. The predicted octanol–water partition coefficient (Wildman–Crippen LogP) is 3.03. The number of rotatable bonds is 4. The second kappa shape index (κ2) is 5.36. The van der Waals surface area contributed by atoms with Crippen molar-refractivity contribution < 1.29 is 19.4 Å². The molecule has 0 saturated carbocycles. The summed E-state index contributed by atoms with van der Waals surface area (Å²) in [5.74, 6) is 0.564. The quantitative estimate of drug-likeness (QED) is 0.903. The van der Waals surface area contributed by atoms with Crippen LogP contribution >= 0.6 is 0 Å². The lowest BCUT2D eigenvalue weighted by molar-refractivity contribution is 0.0697. The summed E-state index contributed by atoms with van der Waals surface area (Å²) in [5.41, 5.74) is 3.13. The first-order valence-electron chi connectivity index (χ1n) is 6.60. The topological polar surface area (TPSA) is 67.8 Å². The Hall–Kier alpha value is -2.69. The van der Waals surface area contributed by atoms with E-state index in [0.29, 0.717) is 6.54 Å². The van der Waals surface area contributed by atoms with Crippen molar-refractivity contribution in [2.45, 2.75) is 13.5 Å². The summed E-state index contributed by atoms with van der Waals surface area (Å²) in [6, 6.07) is 10.8. The van der Waals surface area contributed by atoms with Crippen molar-refractivity contribution in [1.82, 2.24) is 0 Å². The molecule has 0 fully saturated rings. The van der Waals surface area contributed by atoms with E-state index in [2.05, 4.69) is 5.32 Å². The van der Waals surface area contributed by atoms with E-state index < -0.39 is 5.97 Å². The van der Waals surface area contributed by atoms with Gasteiger partial charge in [0, 0.05) is 12.2 Å². The molecule has 0 radical (unpaired) electrons. The molecular formula is C16H15NO4. The Labute approximate surface area is 122 Å². The smallest absolute Gasteiger partial charge is 0.335 e. The van der Waals surface area contributed by atoms with E-state index in [1.807, 2.05) is 25.1 Å². The van der Waals surface area contributed by atoms with Gasteiger partial charge in [0.05, 0.1) is 5.56 Å². The molecule has 0 unspecified atom stereocenters. The summed E-state index contributed by atoms with van der Waals surface area (Å²) < 4.78 is 10.6. The molecule has 21 heavy (non-hydrogen) atoms. The average molecular weight is 285 g/mol. The number of hydrogen-bond acceptors (Lipinski definition) is 4. The number of carboxylic acids is 1. The number of aryl methyl sites for hydroxylation is 1. The van der Waals surface area contributed by atoms with Gasteiger partial charge in [-0.3, -0.25) is 0 Å². The summed E-state index contributed by atoms with van der Waals surface area (Å²) in [6.07, 6.45) is 0. The van der Waals surface area contributed by atoms with Crippen LogP contribution in [0, 0.1) is 6.92 Å². The summed E-state index contributed by atoms with van der Waals surface area (Å²) in [6.45, 7) is 2.78. The lowest BCUT2D eigenvalue weighted by Crippen LogP contribution is -2.04. The van der Waals surface area contributed by atoms with Gasteiger partial charge in [-0.1, -0.05) is 12.1 Å². The molecule has 0 spiro atoms. The Morgan fingerprint density at radius 1 is 1.19 bits per heavy atom. The number of fused-ring (bicyclic) bond motifs is 1. The number of carboxylic acid groups (broad SMARTS) is 1. The lowest BCUT2D eigenvalue weighted by Gasteiger charge is -2.11. The van der Waals surface area contributed by atoms with Gasteiger partial charge in [-0.15, -0.1) is 0 Å². The van der Waals surface area contributed by atoms with E-state index in [0.717, 1.165) is 28.3 Å². The molecule has 0 aromatic heterocycles. The van der Waals surface area contributed by atoms with Crippen LogP contribution in [0.25, 0.3) is 0 Å². The third-order valence-corrected chi connectivity index (χ3v) is 3.40. The minimum absolute atomic E-state index is 0.256. The second-order valence-corrected chi connectivity index (χ2v) is 4.88. The van der Waals surface area contributed by atoms with Crippen LogP contribution in [0.15, 0.2) is 36.4 Å². The second-order valence-electron chi connectivity index (χ2n) is 4.88. The summed E-state index contributed by atoms with van der Waals surface area (Å²) in [7, 11) is 0. The third kappa shape index (κ3) is 2.76. The SMILES string of the molecule is Cc1ccc(C(=O)O)cc1NCc1ccc2c(c1)OCO2. The van der Waals surface area contributed by atoms with Crippen LogP contribution in [-0.2, 0) is 6.54 Å². The minimum atomic E-state index is -0.930. The number of anilines is 1. The zero-order valence-corrected chi connectivity index (χ0v) is 11.6. The molecule has 1 aliphatic heterocycles. The lowest BCUT2D eigenvalue weighted by atomic mass is 10.1. The van der Waals surface area contributed by atoms with E-state index >= 15 is 0 Å². The molecule has 0 bridgehead atoms. The molecule has 0 aliphatic carbocycles. The minimum Gasteiger partial charge on any atom is -0.478 e. The first-order valence-corrected chi connectivity index (χ1v) is 6.60. The van der Waals surface area contributed by atoms with E-state index in [1.165, 1.54) is 0 Å². The number of ether oxygens (including phenoxy) is 2. The van der Waals surface area contributed by atoms with E-state index in [4.69, 9.17) is 14.6 Å². The van der Waals surface area contributed by atoms with E-state index in [9.17, 15) is 4.79 Å². The monoisotopic (exact) mass is 285 g/mol. The van der Waals surface area contributed by atoms with E-state index in [1.54, 1.807) is 18.2 Å². The van der Waals surface area contributed by atoms with Crippen LogP contribution in [0.4, 0.5) is 5.69 Å². The molecular weight excluding hydrogens is 270 g/mol. The Morgan fingerprint density at radius 3 is 2.81 bits per heavy atom. The molecule has 2 aromatic rings. The maximum absolute atomic E-state index is 11.0. The molecule has 1 heterocycles. The van der Waals surface area contributed by atoms with Gasteiger partial charge in [0.15, 0.2) is 11.5 Å². The molecule has 2 aromatic carbocycles. The molecule has 1 aliphatic rings. The Balaban J connectivity index is 1.75. The van der Waals surface area contributed by atoms with Crippen molar-refractivity contribution in [3.63, 3.8) is 0 Å². The molecule has 108 valence electrons. The fourth-order valence-corrected chi connectivity index (χ4v) is 2.19. The van der Waals surface area contributed by atoms with Crippen molar-refractivity contribution >= 4 is 11.7 Å². The van der Waals surface area contributed by atoms with Gasteiger partial charge < -0.3 is 19.9 Å². The first-order chi connectivity index (χ1) is 10.1. The maximum Gasteiger partial charge on any atom is 0.335 e. The Morgan fingerprint density at radius 2 is 2.00 bits per heavy atom. The standard InChI is InChI=1S/C16H15NO4/c1-10-2-4-12(16(18)19)7-13(10)17-8-11-3-5-14-15(6-11)21-9-20-14/h2-7,17H,8-9H2,1H3,(H,18,19). The molecule has 0 saturated heterocycles. The van der Waals surface area contributed by atoms with Crippen LogP contribution in [0.5, 0.6) is 11.5 Å². The third-order valence-electron chi connectivity index (χ3n) is 3.40. The molecule has 0 amide bonds. The van der Waals surface area contributed by atoms with Crippen LogP contribution in [0.2, 0.25) is 0 Å². The van der Waals surface area contributed by atoms with Crippen LogP contribution in [0.1, 0.15) is 21.5 Å². The first kappa shape index (κ1) is 13.3. The molecule has 2 N–H and O–H groups in total. The summed E-state index contributed by atoms with van der Waals surface area (Å²) in [5, 5.41) is 12.3. The van der Waals surface area contributed by atoms with Crippen molar-refractivity contribution in [3.05, 3.63) is 53.1 Å². The van der Waals surface area contributed by atoms with Gasteiger partial charge in [0.25, 0.3) is 0 Å². The number of aromatic carboxylic acids is 1.